The third-order valence-corrected chi connectivity index (χ3v) is 8.36. The van der Waals surface area contributed by atoms with Crippen molar-refractivity contribution in [1.29, 1.82) is 0 Å². The van der Waals surface area contributed by atoms with Crippen LogP contribution in [0.3, 0.4) is 0 Å². The fourth-order valence-corrected chi connectivity index (χ4v) is 6.87. The van der Waals surface area contributed by atoms with E-state index in [1.807, 2.05) is 24.3 Å². The molecule has 0 fully saturated rings. The number of hydrogen-bond donors (Lipinski definition) is 6. The zero-order valence-electron chi connectivity index (χ0n) is 19.7. The van der Waals surface area contributed by atoms with Crippen molar-refractivity contribution in [3.8, 4) is 0 Å². The lowest BCUT2D eigenvalue weighted by molar-refractivity contribution is 0.776. The first kappa shape index (κ1) is 19.1. The highest BCUT2D eigenvalue weighted by atomic mass is 14.9. The Bertz CT molecular complexity index is 2150. The summed E-state index contributed by atoms with van der Waals surface area (Å²) in [5.41, 5.74) is 26.6. The second kappa shape index (κ2) is 6.17. The molecule has 0 radical (unpaired) electrons. The van der Waals surface area contributed by atoms with Crippen LogP contribution in [0.1, 0.15) is 22.3 Å². The summed E-state index contributed by atoms with van der Waals surface area (Å²) in [5, 5.41) is 2.42. The average molecular weight is 479 g/mol. The molecular weight excluding hydrogens is 456 g/mol. The van der Waals surface area contributed by atoms with E-state index in [9.17, 15) is 0 Å². The third-order valence-electron chi connectivity index (χ3n) is 8.36. The standard InChI is InChI=1S/C31H22N6/c32-17-8-4-15(5-9-17)31(16-6-10-18(33)11-7-16)19-2-1-3-20-25(19)26-23-14-24-28(27(26)31)35-22-13-12-21(34-20)29(36-23)30(22)37-24/h1-14,34-37H,32-33H2. The number of nitrogen functional groups attached to an aromatic ring is 2. The largest absolute Gasteiger partial charge is 0.399 e. The van der Waals surface area contributed by atoms with Gasteiger partial charge in [-0.1, -0.05) is 36.4 Å². The highest BCUT2D eigenvalue weighted by Gasteiger charge is 2.47. The Morgan fingerprint density at radius 1 is 0.486 bits per heavy atom. The van der Waals surface area contributed by atoms with Crippen LogP contribution in [0.2, 0.25) is 0 Å². The Balaban J connectivity index is 1.66. The number of anilines is 2. The molecule has 0 amide bonds. The number of nitrogens with one attached hydrogen (secondary N) is 4. The second-order valence-corrected chi connectivity index (χ2v) is 10.2. The maximum atomic E-state index is 6.19. The summed E-state index contributed by atoms with van der Waals surface area (Å²) in [5.74, 6) is 0. The summed E-state index contributed by atoms with van der Waals surface area (Å²) in [6.45, 7) is 0. The van der Waals surface area contributed by atoms with E-state index in [1.165, 1.54) is 21.9 Å². The van der Waals surface area contributed by atoms with Crippen molar-refractivity contribution >= 4 is 66.3 Å². The van der Waals surface area contributed by atoms with Gasteiger partial charge in [-0.2, -0.15) is 0 Å². The molecule has 8 aromatic rings. The number of fused-ring (bicyclic) bond motifs is 1. The molecule has 5 aromatic carbocycles. The summed E-state index contributed by atoms with van der Waals surface area (Å²) < 4.78 is 0. The number of hydrogen-bond acceptors (Lipinski definition) is 2. The molecule has 0 atom stereocenters. The Morgan fingerprint density at radius 3 is 1.76 bits per heavy atom. The third kappa shape index (κ3) is 2.14. The summed E-state index contributed by atoms with van der Waals surface area (Å²) in [4.78, 5) is 15.2. The Kier molecular flexibility index (Phi) is 3.19. The minimum Gasteiger partial charge on any atom is -0.399 e. The van der Waals surface area contributed by atoms with Gasteiger partial charge >= 0.3 is 0 Å². The van der Waals surface area contributed by atoms with E-state index in [-0.39, 0.29) is 0 Å². The molecule has 3 heterocycles. The molecule has 0 saturated carbocycles. The predicted octanol–water partition coefficient (Wildman–Crippen LogP) is 6.63. The van der Waals surface area contributed by atoms with E-state index in [0.29, 0.717) is 0 Å². The van der Waals surface area contributed by atoms with Crippen LogP contribution in [0.15, 0.2) is 84.9 Å². The monoisotopic (exact) mass is 478 g/mol. The minimum atomic E-state index is -0.596. The lowest BCUT2D eigenvalue weighted by atomic mass is 9.67. The molecule has 0 spiro atoms. The first-order chi connectivity index (χ1) is 18.1. The van der Waals surface area contributed by atoms with E-state index in [4.69, 9.17) is 11.5 Å². The zero-order valence-corrected chi connectivity index (χ0v) is 19.7. The number of rotatable bonds is 2. The maximum absolute atomic E-state index is 6.19. The summed E-state index contributed by atoms with van der Waals surface area (Å²) in [7, 11) is 0. The molecule has 0 saturated heterocycles. The summed E-state index contributed by atoms with van der Waals surface area (Å²) in [6, 6.07) is 29.8. The molecule has 0 unspecified atom stereocenters. The lowest BCUT2D eigenvalue weighted by Gasteiger charge is -2.35. The summed E-state index contributed by atoms with van der Waals surface area (Å²) >= 11 is 0. The highest BCUT2D eigenvalue weighted by molar-refractivity contribution is 6.20. The van der Waals surface area contributed by atoms with Crippen LogP contribution < -0.4 is 11.5 Å². The van der Waals surface area contributed by atoms with Crippen molar-refractivity contribution in [2.45, 2.75) is 5.41 Å². The zero-order chi connectivity index (χ0) is 24.5. The number of aromatic amines is 4. The quantitative estimate of drug-likeness (QED) is 0.124. The van der Waals surface area contributed by atoms with Gasteiger partial charge in [-0.3, -0.25) is 0 Å². The molecule has 0 aliphatic heterocycles. The van der Waals surface area contributed by atoms with Crippen molar-refractivity contribution in [2.75, 3.05) is 11.5 Å². The molecule has 8 N–H and O–H groups in total. The van der Waals surface area contributed by atoms with Gasteiger partial charge in [-0.05, 0) is 65.2 Å². The van der Waals surface area contributed by atoms with Crippen LogP contribution in [-0.4, -0.2) is 19.9 Å². The van der Waals surface area contributed by atoms with Gasteiger partial charge in [0.05, 0.1) is 38.5 Å². The van der Waals surface area contributed by atoms with Crippen molar-refractivity contribution in [3.05, 3.63) is 107 Å². The van der Waals surface area contributed by atoms with Gasteiger partial charge in [0.25, 0.3) is 0 Å². The van der Waals surface area contributed by atoms with E-state index in [2.05, 4.69) is 80.6 Å². The Morgan fingerprint density at radius 2 is 1.08 bits per heavy atom. The molecule has 9 rings (SSSR count). The SMILES string of the molecule is Nc1ccc(C2(c3ccc(N)cc3)c3cccc4[nH]c5ccc6[nH]c7c2c(c2cc7[nH]c6c5[nH]2)c34)cc1. The topological polar surface area (TPSA) is 115 Å². The molecule has 6 heteroatoms. The van der Waals surface area contributed by atoms with Crippen LogP contribution in [0.5, 0.6) is 0 Å². The van der Waals surface area contributed by atoms with Gasteiger partial charge in [0.1, 0.15) is 0 Å². The van der Waals surface area contributed by atoms with Gasteiger partial charge in [0.2, 0.25) is 0 Å². The molecule has 3 aromatic heterocycles. The fourth-order valence-electron chi connectivity index (χ4n) is 6.87. The van der Waals surface area contributed by atoms with Crippen LogP contribution in [-0.2, 0) is 5.41 Å². The fraction of sp³-hybridized carbons (Fsp3) is 0.0323. The average Bonchev–Trinajstić information content (AvgIpc) is 3.12. The number of H-pyrrole nitrogens is 4. The van der Waals surface area contributed by atoms with Crippen molar-refractivity contribution in [1.82, 2.24) is 19.9 Å². The first-order valence-corrected chi connectivity index (χ1v) is 12.5. The van der Waals surface area contributed by atoms with Gasteiger partial charge in [0.15, 0.2) is 0 Å². The molecule has 1 aliphatic rings. The first-order valence-electron chi connectivity index (χ1n) is 12.5. The molecule has 1 aliphatic carbocycles. The maximum Gasteiger partial charge on any atom is 0.0884 e. The van der Waals surface area contributed by atoms with Gasteiger partial charge in [0, 0.05) is 38.7 Å². The van der Waals surface area contributed by atoms with Gasteiger partial charge < -0.3 is 31.4 Å². The molecular formula is C31H22N6. The highest BCUT2D eigenvalue weighted by Crippen LogP contribution is 2.57. The van der Waals surface area contributed by atoms with E-state index >= 15 is 0 Å². The van der Waals surface area contributed by atoms with Crippen molar-refractivity contribution in [3.63, 3.8) is 0 Å². The van der Waals surface area contributed by atoms with Crippen LogP contribution >= 0.6 is 0 Å². The van der Waals surface area contributed by atoms with Crippen molar-refractivity contribution < 1.29 is 0 Å². The van der Waals surface area contributed by atoms with Crippen LogP contribution in [0, 0.1) is 0 Å². The normalized spacial score (nSPS) is 14.4. The van der Waals surface area contributed by atoms with Gasteiger partial charge in [-0.15, -0.1) is 0 Å². The number of benzene rings is 5. The molecule has 37 heavy (non-hydrogen) atoms. The molecule has 6 nitrogen and oxygen atoms in total. The minimum absolute atomic E-state index is 0.596. The predicted molar refractivity (Wildman–Crippen MR) is 152 cm³/mol. The number of aromatic nitrogens is 4. The Labute approximate surface area is 210 Å². The summed E-state index contributed by atoms with van der Waals surface area (Å²) in [6.07, 6.45) is 0. The lowest BCUT2D eigenvalue weighted by Crippen LogP contribution is -2.29. The van der Waals surface area contributed by atoms with Crippen LogP contribution in [0.25, 0.3) is 54.9 Å². The van der Waals surface area contributed by atoms with E-state index in [0.717, 1.165) is 66.6 Å². The van der Waals surface area contributed by atoms with E-state index in [1.54, 1.807) is 0 Å². The smallest absolute Gasteiger partial charge is 0.0884 e. The molecule has 4 bridgehead atoms. The second-order valence-electron chi connectivity index (χ2n) is 10.2. The van der Waals surface area contributed by atoms with Crippen LogP contribution in [0.4, 0.5) is 11.4 Å². The van der Waals surface area contributed by atoms with Crippen molar-refractivity contribution in [2.24, 2.45) is 0 Å². The van der Waals surface area contributed by atoms with Gasteiger partial charge in [-0.25, -0.2) is 0 Å². The number of nitrogens with two attached hydrogens (primary N) is 2. The molecule has 176 valence electrons. The van der Waals surface area contributed by atoms with E-state index < -0.39 is 5.41 Å². The Hall–Kier alpha value is -5.10.